The number of hydrogen-bond donors (Lipinski definition) is 1. The Balaban J connectivity index is 1.86. The Morgan fingerprint density at radius 3 is 2.50 bits per heavy atom. The summed E-state index contributed by atoms with van der Waals surface area (Å²) in [7, 11) is 1.70. The SMILES string of the molecule is Cn1nccc1C(=O)N1C[C@H](C(=O)O)[C@H](c2ccccc2)C1. The van der Waals surface area contributed by atoms with Gasteiger partial charge in [0.15, 0.2) is 0 Å². The van der Waals surface area contributed by atoms with Crippen LogP contribution in [-0.4, -0.2) is 44.8 Å². The Bertz CT molecular complexity index is 696. The lowest BCUT2D eigenvalue weighted by molar-refractivity contribution is -0.141. The van der Waals surface area contributed by atoms with Gasteiger partial charge in [-0.3, -0.25) is 14.3 Å². The Kier molecular flexibility index (Phi) is 3.66. The number of aromatic nitrogens is 2. The predicted octanol–water partition coefficient (Wildman–Crippen LogP) is 1.36. The molecule has 2 atom stereocenters. The van der Waals surface area contributed by atoms with Gasteiger partial charge in [-0.1, -0.05) is 30.3 Å². The molecule has 114 valence electrons. The molecule has 1 aromatic carbocycles. The second-order valence-corrected chi connectivity index (χ2v) is 5.51. The van der Waals surface area contributed by atoms with Crippen molar-refractivity contribution < 1.29 is 14.7 Å². The first-order chi connectivity index (χ1) is 10.6. The number of carboxylic acid groups (broad SMARTS) is 1. The predicted molar refractivity (Wildman–Crippen MR) is 79.4 cm³/mol. The van der Waals surface area contributed by atoms with E-state index in [1.807, 2.05) is 30.3 Å². The third-order valence-electron chi connectivity index (χ3n) is 4.19. The topological polar surface area (TPSA) is 75.4 Å². The molecule has 0 bridgehead atoms. The van der Waals surface area contributed by atoms with Crippen molar-refractivity contribution in [2.24, 2.45) is 13.0 Å². The van der Waals surface area contributed by atoms with Gasteiger partial charge in [0.05, 0.1) is 5.92 Å². The monoisotopic (exact) mass is 299 g/mol. The number of nitrogens with zero attached hydrogens (tertiary/aromatic N) is 3. The van der Waals surface area contributed by atoms with Gasteiger partial charge in [-0.15, -0.1) is 0 Å². The van der Waals surface area contributed by atoms with E-state index in [1.165, 1.54) is 4.68 Å². The molecule has 0 spiro atoms. The minimum Gasteiger partial charge on any atom is -0.481 e. The Hall–Kier alpha value is -2.63. The quantitative estimate of drug-likeness (QED) is 0.928. The number of hydrogen-bond acceptors (Lipinski definition) is 3. The molecule has 1 N–H and O–H groups in total. The molecule has 2 aromatic rings. The summed E-state index contributed by atoms with van der Waals surface area (Å²) in [5, 5.41) is 13.5. The van der Waals surface area contributed by atoms with E-state index in [9.17, 15) is 14.7 Å². The highest BCUT2D eigenvalue weighted by molar-refractivity contribution is 5.93. The van der Waals surface area contributed by atoms with E-state index >= 15 is 0 Å². The fourth-order valence-corrected chi connectivity index (χ4v) is 3.00. The fourth-order valence-electron chi connectivity index (χ4n) is 3.00. The highest BCUT2D eigenvalue weighted by Crippen LogP contribution is 2.33. The largest absolute Gasteiger partial charge is 0.481 e. The van der Waals surface area contributed by atoms with Crippen LogP contribution in [0.4, 0.5) is 0 Å². The zero-order valence-corrected chi connectivity index (χ0v) is 12.2. The maximum atomic E-state index is 12.5. The maximum absolute atomic E-state index is 12.5. The molecular weight excluding hydrogens is 282 g/mol. The minimum absolute atomic E-state index is 0.176. The van der Waals surface area contributed by atoms with Gasteiger partial charge in [0.25, 0.3) is 5.91 Å². The van der Waals surface area contributed by atoms with E-state index in [1.54, 1.807) is 24.2 Å². The van der Waals surface area contributed by atoms with Gasteiger partial charge < -0.3 is 10.0 Å². The second-order valence-electron chi connectivity index (χ2n) is 5.51. The number of carbonyl (C=O) groups excluding carboxylic acids is 1. The van der Waals surface area contributed by atoms with E-state index in [0.717, 1.165) is 5.56 Å². The maximum Gasteiger partial charge on any atom is 0.308 e. The summed E-state index contributed by atoms with van der Waals surface area (Å²) in [5.74, 6) is -1.81. The van der Waals surface area contributed by atoms with Crippen LogP contribution in [0.1, 0.15) is 22.0 Å². The zero-order chi connectivity index (χ0) is 15.7. The Morgan fingerprint density at radius 2 is 1.91 bits per heavy atom. The van der Waals surface area contributed by atoms with Crippen LogP contribution in [0.25, 0.3) is 0 Å². The van der Waals surface area contributed by atoms with Gasteiger partial charge in [0.1, 0.15) is 5.69 Å². The molecule has 0 aliphatic carbocycles. The second kappa shape index (κ2) is 5.63. The first kappa shape index (κ1) is 14.3. The molecule has 1 amide bonds. The summed E-state index contributed by atoms with van der Waals surface area (Å²) in [4.78, 5) is 25.7. The van der Waals surface area contributed by atoms with Crippen LogP contribution in [0.5, 0.6) is 0 Å². The van der Waals surface area contributed by atoms with Gasteiger partial charge in [-0.05, 0) is 11.6 Å². The Labute approximate surface area is 128 Å². The van der Waals surface area contributed by atoms with Crippen molar-refractivity contribution >= 4 is 11.9 Å². The molecule has 1 aliphatic rings. The van der Waals surface area contributed by atoms with Gasteiger partial charge >= 0.3 is 5.97 Å². The molecule has 1 saturated heterocycles. The lowest BCUT2D eigenvalue weighted by Gasteiger charge is -2.16. The number of likely N-dealkylation sites (tertiary alicyclic amines) is 1. The molecule has 22 heavy (non-hydrogen) atoms. The third kappa shape index (κ3) is 2.47. The molecule has 1 fully saturated rings. The average Bonchev–Trinajstić information content (AvgIpc) is 3.14. The van der Waals surface area contributed by atoms with Gasteiger partial charge in [-0.2, -0.15) is 5.10 Å². The number of benzene rings is 1. The molecule has 0 unspecified atom stereocenters. The number of carboxylic acids is 1. The number of aryl methyl sites for hydroxylation is 1. The van der Waals surface area contributed by atoms with E-state index in [-0.39, 0.29) is 18.4 Å². The lowest BCUT2D eigenvalue weighted by atomic mass is 9.89. The summed E-state index contributed by atoms with van der Waals surface area (Å²) >= 11 is 0. The van der Waals surface area contributed by atoms with Gasteiger partial charge in [-0.25, -0.2) is 0 Å². The van der Waals surface area contributed by atoms with Crippen molar-refractivity contribution in [3.63, 3.8) is 0 Å². The van der Waals surface area contributed by atoms with Crippen LogP contribution in [0.2, 0.25) is 0 Å². The highest BCUT2D eigenvalue weighted by Gasteiger charge is 2.41. The van der Waals surface area contributed by atoms with Crippen LogP contribution in [0.3, 0.4) is 0 Å². The molecule has 2 heterocycles. The molecule has 0 radical (unpaired) electrons. The normalized spacial score (nSPS) is 21.0. The summed E-state index contributed by atoms with van der Waals surface area (Å²) < 4.78 is 1.51. The number of carbonyl (C=O) groups is 2. The van der Waals surface area contributed by atoms with E-state index < -0.39 is 11.9 Å². The van der Waals surface area contributed by atoms with Crippen molar-refractivity contribution in [1.82, 2.24) is 14.7 Å². The zero-order valence-electron chi connectivity index (χ0n) is 12.2. The number of rotatable bonds is 3. The first-order valence-electron chi connectivity index (χ1n) is 7.13. The van der Waals surface area contributed by atoms with Crippen molar-refractivity contribution in [1.29, 1.82) is 0 Å². The summed E-state index contributed by atoms with van der Waals surface area (Å²) in [5.41, 5.74) is 1.42. The average molecular weight is 299 g/mol. The molecule has 6 nitrogen and oxygen atoms in total. The third-order valence-corrected chi connectivity index (χ3v) is 4.19. The summed E-state index contributed by atoms with van der Waals surface area (Å²) in [6, 6.07) is 11.2. The molecule has 1 aromatic heterocycles. The molecule has 3 rings (SSSR count). The highest BCUT2D eigenvalue weighted by atomic mass is 16.4. The van der Waals surface area contributed by atoms with E-state index in [0.29, 0.717) is 12.2 Å². The molecule has 0 saturated carbocycles. The first-order valence-corrected chi connectivity index (χ1v) is 7.13. The van der Waals surface area contributed by atoms with E-state index in [2.05, 4.69) is 5.10 Å². The van der Waals surface area contributed by atoms with Crippen LogP contribution in [0.15, 0.2) is 42.6 Å². The summed E-state index contributed by atoms with van der Waals surface area (Å²) in [6.45, 7) is 0.629. The molecule has 6 heteroatoms. The van der Waals surface area contributed by atoms with Crippen molar-refractivity contribution in [3.8, 4) is 0 Å². The van der Waals surface area contributed by atoms with Crippen LogP contribution < -0.4 is 0 Å². The Morgan fingerprint density at radius 1 is 1.18 bits per heavy atom. The number of aliphatic carboxylic acids is 1. The minimum atomic E-state index is -0.867. The number of amides is 1. The van der Waals surface area contributed by atoms with Gasteiger partial charge in [0, 0.05) is 32.3 Å². The van der Waals surface area contributed by atoms with Crippen LogP contribution in [-0.2, 0) is 11.8 Å². The molecular formula is C16H17N3O3. The smallest absolute Gasteiger partial charge is 0.308 e. The molecule has 1 aliphatic heterocycles. The van der Waals surface area contributed by atoms with E-state index in [4.69, 9.17) is 0 Å². The fraction of sp³-hybridized carbons (Fsp3) is 0.312. The summed E-state index contributed by atoms with van der Waals surface area (Å²) in [6.07, 6.45) is 1.56. The lowest BCUT2D eigenvalue weighted by Crippen LogP contribution is -2.31. The van der Waals surface area contributed by atoms with Gasteiger partial charge in [0.2, 0.25) is 0 Å². The van der Waals surface area contributed by atoms with Crippen LogP contribution >= 0.6 is 0 Å². The van der Waals surface area contributed by atoms with Crippen molar-refractivity contribution in [2.45, 2.75) is 5.92 Å². The van der Waals surface area contributed by atoms with Crippen molar-refractivity contribution in [2.75, 3.05) is 13.1 Å². The van der Waals surface area contributed by atoms with Crippen LogP contribution in [0, 0.1) is 5.92 Å². The standard InChI is InChI=1S/C16H17N3O3/c1-18-14(7-8-17-18)15(20)19-9-12(13(10-19)16(21)22)11-5-3-2-4-6-11/h2-8,12-13H,9-10H2,1H3,(H,21,22)/t12-,13-/m0/s1. The van der Waals surface area contributed by atoms with Crippen molar-refractivity contribution in [3.05, 3.63) is 53.9 Å².